The van der Waals surface area contributed by atoms with Gasteiger partial charge in [0.1, 0.15) is 0 Å². The topological polar surface area (TPSA) is 12.5 Å². The summed E-state index contributed by atoms with van der Waals surface area (Å²) < 4.78 is 6.15. The van der Waals surface area contributed by atoms with Gasteiger partial charge in [0.25, 0.3) is 0 Å². The lowest BCUT2D eigenvalue weighted by molar-refractivity contribution is -0.0300. The number of rotatable bonds is 7. The van der Waals surface area contributed by atoms with Gasteiger partial charge in [0, 0.05) is 19.1 Å². The Kier molecular flexibility index (Phi) is 6.87. The van der Waals surface area contributed by atoms with Crippen molar-refractivity contribution in [2.45, 2.75) is 39.8 Å². The molecule has 4 atom stereocenters. The molecule has 0 aliphatic carbocycles. The second kappa shape index (κ2) is 9.34. The van der Waals surface area contributed by atoms with Gasteiger partial charge in [-0.15, -0.1) is 0 Å². The lowest BCUT2D eigenvalue weighted by Gasteiger charge is -2.46. The van der Waals surface area contributed by atoms with Crippen molar-refractivity contribution in [3.63, 3.8) is 0 Å². The average Bonchev–Trinajstić information content (AvgIpc) is 2.68. The Bertz CT molecular complexity index is 642. The molecule has 0 saturated carbocycles. The Hall–Kier alpha value is -1.64. The van der Waals surface area contributed by atoms with Gasteiger partial charge in [0.15, 0.2) is 0 Å². The minimum absolute atomic E-state index is 0.508. The van der Waals surface area contributed by atoms with Crippen LogP contribution in [0.1, 0.15) is 31.9 Å². The molecule has 0 aromatic heterocycles. The standard InChI is InChI=1S/C24H33NO/c1-19-16-25(15-14-22-10-6-4-7-11-22)24(21(3)20(19)2)18-26-17-23-12-8-5-9-13-23/h4-13,19-21,24H,14-18H2,1-3H3. The second-order valence-electron chi connectivity index (χ2n) is 7.99. The third kappa shape index (κ3) is 4.96. The molecule has 3 rings (SSSR count). The van der Waals surface area contributed by atoms with Crippen LogP contribution in [0.25, 0.3) is 0 Å². The number of hydrogen-bond donors (Lipinski definition) is 0. The molecule has 2 heteroatoms. The van der Waals surface area contributed by atoms with Gasteiger partial charge in [0.05, 0.1) is 13.2 Å². The maximum absolute atomic E-state index is 6.15. The first kappa shape index (κ1) is 19.1. The summed E-state index contributed by atoms with van der Waals surface area (Å²) in [6.45, 7) is 11.0. The number of piperidine rings is 1. The zero-order valence-electron chi connectivity index (χ0n) is 16.5. The molecule has 1 heterocycles. The summed E-state index contributed by atoms with van der Waals surface area (Å²) in [4.78, 5) is 2.67. The average molecular weight is 352 g/mol. The molecule has 0 radical (unpaired) electrons. The highest BCUT2D eigenvalue weighted by atomic mass is 16.5. The molecule has 26 heavy (non-hydrogen) atoms. The number of likely N-dealkylation sites (tertiary alicyclic amines) is 1. The Balaban J connectivity index is 1.60. The fraction of sp³-hybridized carbons (Fsp3) is 0.500. The first-order valence-electron chi connectivity index (χ1n) is 10.0. The first-order chi connectivity index (χ1) is 12.6. The summed E-state index contributed by atoms with van der Waals surface area (Å²) in [5.74, 6) is 2.14. The van der Waals surface area contributed by atoms with E-state index in [0.29, 0.717) is 18.6 Å². The van der Waals surface area contributed by atoms with Crippen molar-refractivity contribution in [1.82, 2.24) is 4.90 Å². The second-order valence-corrected chi connectivity index (χ2v) is 7.99. The highest BCUT2D eigenvalue weighted by Crippen LogP contribution is 2.33. The van der Waals surface area contributed by atoms with Crippen molar-refractivity contribution in [3.05, 3.63) is 71.8 Å². The van der Waals surface area contributed by atoms with Gasteiger partial charge in [-0.05, 0) is 35.3 Å². The van der Waals surface area contributed by atoms with Crippen LogP contribution in [0.5, 0.6) is 0 Å². The van der Waals surface area contributed by atoms with Crippen LogP contribution < -0.4 is 0 Å². The van der Waals surface area contributed by atoms with Crippen LogP contribution >= 0.6 is 0 Å². The largest absolute Gasteiger partial charge is 0.375 e. The molecular weight excluding hydrogens is 318 g/mol. The highest BCUT2D eigenvalue weighted by molar-refractivity contribution is 5.15. The molecule has 0 bridgehead atoms. The number of nitrogens with zero attached hydrogens (tertiary/aromatic N) is 1. The molecule has 0 spiro atoms. The molecule has 2 aromatic rings. The normalized spacial score (nSPS) is 26.7. The maximum Gasteiger partial charge on any atom is 0.0717 e. The van der Waals surface area contributed by atoms with Gasteiger partial charge < -0.3 is 4.74 Å². The van der Waals surface area contributed by atoms with E-state index in [1.54, 1.807) is 0 Å². The van der Waals surface area contributed by atoms with E-state index in [0.717, 1.165) is 31.4 Å². The SMILES string of the molecule is CC1CN(CCc2ccccc2)C(COCc2ccccc2)C(C)C1C. The number of ether oxygens (including phenoxy) is 1. The Morgan fingerprint density at radius 3 is 2.12 bits per heavy atom. The van der Waals surface area contributed by atoms with Crippen LogP contribution in [0.2, 0.25) is 0 Å². The van der Waals surface area contributed by atoms with E-state index in [4.69, 9.17) is 4.74 Å². The monoisotopic (exact) mass is 351 g/mol. The molecule has 2 aromatic carbocycles. The van der Waals surface area contributed by atoms with E-state index in [9.17, 15) is 0 Å². The molecule has 0 amide bonds. The van der Waals surface area contributed by atoms with Crippen molar-refractivity contribution >= 4 is 0 Å². The molecule has 1 fully saturated rings. The Morgan fingerprint density at radius 1 is 0.846 bits per heavy atom. The smallest absolute Gasteiger partial charge is 0.0717 e. The van der Waals surface area contributed by atoms with E-state index >= 15 is 0 Å². The molecule has 4 unspecified atom stereocenters. The zero-order valence-corrected chi connectivity index (χ0v) is 16.5. The third-order valence-electron chi connectivity index (χ3n) is 6.26. The predicted octanol–water partition coefficient (Wildman–Crippen LogP) is 5.04. The third-order valence-corrected chi connectivity index (χ3v) is 6.26. The van der Waals surface area contributed by atoms with Gasteiger partial charge in [-0.3, -0.25) is 4.90 Å². The van der Waals surface area contributed by atoms with Crippen LogP contribution in [0, 0.1) is 17.8 Å². The van der Waals surface area contributed by atoms with Crippen LogP contribution in [0.3, 0.4) is 0 Å². The summed E-state index contributed by atoms with van der Waals surface area (Å²) in [5, 5.41) is 0. The van der Waals surface area contributed by atoms with Gasteiger partial charge in [-0.25, -0.2) is 0 Å². The summed E-state index contributed by atoms with van der Waals surface area (Å²) in [5.41, 5.74) is 2.68. The minimum Gasteiger partial charge on any atom is -0.375 e. The minimum atomic E-state index is 0.508. The van der Waals surface area contributed by atoms with Crippen molar-refractivity contribution in [1.29, 1.82) is 0 Å². The van der Waals surface area contributed by atoms with E-state index in [1.807, 2.05) is 0 Å². The van der Waals surface area contributed by atoms with Crippen molar-refractivity contribution in [2.75, 3.05) is 19.7 Å². The molecular formula is C24H33NO. The van der Waals surface area contributed by atoms with Crippen LogP contribution in [0.15, 0.2) is 60.7 Å². The summed E-state index contributed by atoms with van der Waals surface area (Å²) in [7, 11) is 0. The quantitative estimate of drug-likeness (QED) is 0.693. The van der Waals surface area contributed by atoms with Crippen molar-refractivity contribution < 1.29 is 4.74 Å². The molecule has 2 nitrogen and oxygen atoms in total. The van der Waals surface area contributed by atoms with Crippen LogP contribution in [0.4, 0.5) is 0 Å². The summed E-state index contributed by atoms with van der Waals surface area (Å²) in [6, 6.07) is 21.9. The fourth-order valence-electron chi connectivity index (χ4n) is 4.18. The molecule has 140 valence electrons. The van der Waals surface area contributed by atoms with E-state index < -0.39 is 0 Å². The van der Waals surface area contributed by atoms with Crippen LogP contribution in [-0.4, -0.2) is 30.6 Å². The van der Waals surface area contributed by atoms with E-state index in [-0.39, 0.29) is 0 Å². The van der Waals surface area contributed by atoms with Gasteiger partial charge in [-0.1, -0.05) is 81.4 Å². The number of hydrogen-bond acceptors (Lipinski definition) is 2. The van der Waals surface area contributed by atoms with Gasteiger partial charge in [0.2, 0.25) is 0 Å². The first-order valence-corrected chi connectivity index (χ1v) is 10.0. The predicted molar refractivity (Wildman–Crippen MR) is 109 cm³/mol. The van der Waals surface area contributed by atoms with Gasteiger partial charge >= 0.3 is 0 Å². The van der Waals surface area contributed by atoms with Crippen LogP contribution in [-0.2, 0) is 17.8 Å². The zero-order chi connectivity index (χ0) is 18.4. The van der Waals surface area contributed by atoms with E-state index in [2.05, 4.69) is 86.3 Å². The fourth-order valence-corrected chi connectivity index (χ4v) is 4.18. The molecule has 0 N–H and O–H groups in total. The van der Waals surface area contributed by atoms with Crippen molar-refractivity contribution in [2.24, 2.45) is 17.8 Å². The highest BCUT2D eigenvalue weighted by Gasteiger charge is 2.36. The van der Waals surface area contributed by atoms with Gasteiger partial charge in [-0.2, -0.15) is 0 Å². The lowest BCUT2D eigenvalue weighted by atomic mass is 9.76. The van der Waals surface area contributed by atoms with E-state index in [1.165, 1.54) is 17.7 Å². The van der Waals surface area contributed by atoms with Crippen molar-refractivity contribution in [3.8, 4) is 0 Å². The number of benzene rings is 2. The Morgan fingerprint density at radius 2 is 1.46 bits per heavy atom. The maximum atomic E-state index is 6.15. The molecule has 1 aliphatic heterocycles. The summed E-state index contributed by atoms with van der Waals surface area (Å²) in [6.07, 6.45) is 1.11. The summed E-state index contributed by atoms with van der Waals surface area (Å²) >= 11 is 0. The molecule has 1 saturated heterocycles. The molecule has 1 aliphatic rings. The lowest BCUT2D eigenvalue weighted by Crippen LogP contribution is -2.53. The Labute approximate surface area is 159 Å².